The van der Waals surface area contributed by atoms with E-state index in [9.17, 15) is 0 Å². The van der Waals surface area contributed by atoms with Gasteiger partial charge in [-0.1, -0.05) is 24.8 Å². The zero-order chi connectivity index (χ0) is 13.5. The summed E-state index contributed by atoms with van der Waals surface area (Å²) in [6, 6.07) is 8.02. The minimum Gasteiger partial charge on any atom is -0.497 e. The Morgan fingerprint density at radius 3 is 2.53 bits per heavy atom. The number of hydrogen-bond donors (Lipinski definition) is 0. The first-order valence-electron chi connectivity index (χ1n) is 6.87. The molecule has 0 spiro atoms. The molecular weight excluding hydrogens is 236 g/mol. The van der Waals surface area contributed by atoms with Crippen molar-refractivity contribution in [2.75, 3.05) is 13.7 Å². The van der Waals surface area contributed by atoms with E-state index in [0.29, 0.717) is 6.61 Å². The van der Waals surface area contributed by atoms with Gasteiger partial charge in [-0.3, -0.25) is 0 Å². The van der Waals surface area contributed by atoms with Crippen molar-refractivity contribution in [3.05, 3.63) is 53.6 Å². The van der Waals surface area contributed by atoms with E-state index < -0.39 is 0 Å². The van der Waals surface area contributed by atoms with E-state index in [1.165, 1.54) is 29.6 Å². The fourth-order valence-corrected chi connectivity index (χ4v) is 2.42. The van der Waals surface area contributed by atoms with Gasteiger partial charge in [0.2, 0.25) is 0 Å². The Kier molecular flexibility index (Phi) is 5.22. The number of ether oxygens (including phenoxy) is 2. The Hall–Kier alpha value is -1.54. The monoisotopic (exact) mass is 258 g/mol. The van der Waals surface area contributed by atoms with Crippen LogP contribution >= 0.6 is 0 Å². The van der Waals surface area contributed by atoms with Gasteiger partial charge < -0.3 is 9.47 Å². The number of benzene rings is 1. The highest BCUT2D eigenvalue weighted by Crippen LogP contribution is 2.25. The van der Waals surface area contributed by atoms with Gasteiger partial charge in [0, 0.05) is 0 Å². The second-order valence-electron chi connectivity index (χ2n) is 4.88. The molecule has 0 amide bonds. The van der Waals surface area contributed by atoms with Crippen molar-refractivity contribution in [2.24, 2.45) is 0 Å². The van der Waals surface area contributed by atoms with Crippen molar-refractivity contribution < 1.29 is 9.47 Å². The van der Waals surface area contributed by atoms with Crippen molar-refractivity contribution in [3.63, 3.8) is 0 Å². The second kappa shape index (κ2) is 7.15. The second-order valence-corrected chi connectivity index (χ2v) is 4.88. The van der Waals surface area contributed by atoms with Crippen LogP contribution in [0.1, 0.15) is 31.2 Å². The van der Waals surface area contributed by atoms with Gasteiger partial charge in [-0.05, 0) is 54.5 Å². The lowest BCUT2D eigenvalue weighted by molar-refractivity contribution is 0.139. The molecule has 2 nitrogen and oxygen atoms in total. The maximum Gasteiger partial charge on any atom is 0.118 e. The highest BCUT2D eigenvalue weighted by atomic mass is 16.5. The first-order valence-corrected chi connectivity index (χ1v) is 6.87. The fraction of sp³-hybridized carbons (Fsp3) is 0.412. The van der Waals surface area contributed by atoms with Crippen LogP contribution in [0.2, 0.25) is 0 Å². The summed E-state index contributed by atoms with van der Waals surface area (Å²) in [6.45, 7) is 5.27. The largest absolute Gasteiger partial charge is 0.497 e. The molecule has 0 unspecified atom stereocenters. The normalized spacial score (nSPS) is 15.4. The van der Waals surface area contributed by atoms with Crippen LogP contribution in [-0.2, 0) is 11.3 Å². The molecule has 19 heavy (non-hydrogen) atoms. The third-order valence-corrected chi connectivity index (χ3v) is 3.58. The minimum atomic E-state index is 0.651. The van der Waals surface area contributed by atoms with Crippen LogP contribution in [0.3, 0.4) is 0 Å². The van der Waals surface area contributed by atoms with Crippen LogP contribution in [-0.4, -0.2) is 13.7 Å². The zero-order valence-electron chi connectivity index (χ0n) is 11.7. The summed E-state index contributed by atoms with van der Waals surface area (Å²) in [5, 5.41) is 0. The number of allylic oxidation sites excluding steroid dienone is 2. The van der Waals surface area contributed by atoms with Crippen LogP contribution < -0.4 is 4.74 Å². The van der Waals surface area contributed by atoms with E-state index >= 15 is 0 Å². The van der Waals surface area contributed by atoms with Crippen LogP contribution in [0.5, 0.6) is 5.75 Å². The molecule has 0 radical (unpaired) electrons. The lowest BCUT2D eigenvalue weighted by atomic mass is 9.92. The van der Waals surface area contributed by atoms with E-state index in [2.05, 4.69) is 6.58 Å². The van der Waals surface area contributed by atoms with E-state index in [-0.39, 0.29) is 0 Å². The highest BCUT2D eigenvalue weighted by molar-refractivity contribution is 5.28. The molecule has 0 saturated heterocycles. The first-order chi connectivity index (χ1) is 9.33. The molecule has 0 saturated carbocycles. The van der Waals surface area contributed by atoms with Crippen molar-refractivity contribution in [1.82, 2.24) is 0 Å². The molecule has 1 aliphatic carbocycles. The van der Waals surface area contributed by atoms with Crippen LogP contribution in [0.4, 0.5) is 0 Å². The maximum absolute atomic E-state index is 5.82. The lowest BCUT2D eigenvalue weighted by Gasteiger charge is -2.18. The summed E-state index contributed by atoms with van der Waals surface area (Å²) in [4.78, 5) is 0. The topological polar surface area (TPSA) is 18.5 Å². The molecule has 0 atom stereocenters. The average Bonchev–Trinajstić information content (AvgIpc) is 2.48. The van der Waals surface area contributed by atoms with Gasteiger partial charge in [-0.15, -0.1) is 0 Å². The lowest BCUT2D eigenvalue weighted by Crippen LogP contribution is -2.05. The van der Waals surface area contributed by atoms with Crippen molar-refractivity contribution in [2.45, 2.75) is 32.3 Å². The molecule has 2 rings (SSSR count). The Labute approximate surface area is 115 Å². The third-order valence-electron chi connectivity index (χ3n) is 3.58. The van der Waals surface area contributed by atoms with E-state index in [1.54, 1.807) is 7.11 Å². The Morgan fingerprint density at radius 1 is 1.11 bits per heavy atom. The minimum absolute atomic E-state index is 0.651. The fourth-order valence-electron chi connectivity index (χ4n) is 2.42. The van der Waals surface area contributed by atoms with Gasteiger partial charge in [0.1, 0.15) is 5.75 Å². The Morgan fingerprint density at radius 2 is 1.84 bits per heavy atom. The van der Waals surface area contributed by atoms with Crippen molar-refractivity contribution in [3.8, 4) is 5.75 Å². The first kappa shape index (κ1) is 13.9. The number of rotatable bonds is 6. The summed E-state index contributed by atoms with van der Waals surface area (Å²) in [5.74, 6) is 0.882. The molecule has 0 fully saturated rings. The molecule has 1 aromatic carbocycles. The van der Waals surface area contributed by atoms with E-state index in [4.69, 9.17) is 9.47 Å². The average molecular weight is 258 g/mol. The molecule has 0 heterocycles. The molecular formula is C17H22O2. The number of hydrogen-bond acceptors (Lipinski definition) is 2. The zero-order valence-corrected chi connectivity index (χ0v) is 11.7. The predicted octanol–water partition coefficient (Wildman–Crippen LogP) is 4.27. The van der Waals surface area contributed by atoms with Gasteiger partial charge in [0.25, 0.3) is 0 Å². The summed E-state index contributed by atoms with van der Waals surface area (Å²) in [5.41, 5.74) is 3.99. The summed E-state index contributed by atoms with van der Waals surface area (Å²) in [6.07, 6.45) is 6.86. The smallest absolute Gasteiger partial charge is 0.118 e. The van der Waals surface area contributed by atoms with Gasteiger partial charge in [0.15, 0.2) is 0 Å². The molecule has 1 aliphatic rings. The summed E-state index contributed by atoms with van der Waals surface area (Å²) in [7, 11) is 1.68. The Bertz CT molecular complexity index is 443. The van der Waals surface area contributed by atoms with E-state index in [1.807, 2.05) is 30.3 Å². The molecule has 102 valence electrons. The molecule has 0 aliphatic heterocycles. The quantitative estimate of drug-likeness (QED) is 0.758. The number of methoxy groups -OCH3 is 1. The highest BCUT2D eigenvalue weighted by Gasteiger charge is 2.10. The summed E-state index contributed by atoms with van der Waals surface area (Å²) < 4.78 is 11.0. The Balaban J connectivity index is 1.85. The molecule has 2 heteroatoms. The van der Waals surface area contributed by atoms with Gasteiger partial charge >= 0.3 is 0 Å². The molecule has 0 bridgehead atoms. The van der Waals surface area contributed by atoms with Crippen LogP contribution in [0, 0.1) is 0 Å². The van der Waals surface area contributed by atoms with Gasteiger partial charge in [-0.25, -0.2) is 0 Å². The third kappa shape index (κ3) is 3.97. The standard InChI is InChI=1S/C17H22O2/c1-3-15-6-4-5-7-16(15)13-19-12-14-8-10-17(18-2)11-9-14/h3,8-11H,1,4-7,12-13H2,2H3. The van der Waals surface area contributed by atoms with Crippen LogP contribution in [0.25, 0.3) is 0 Å². The van der Waals surface area contributed by atoms with E-state index in [0.717, 1.165) is 25.2 Å². The molecule has 1 aromatic rings. The molecule has 0 N–H and O–H groups in total. The summed E-state index contributed by atoms with van der Waals surface area (Å²) >= 11 is 0. The van der Waals surface area contributed by atoms with Crippen molar-refractivity contribution in [1.29, 1.82) is 0 Å². The van der Waals surface area contributed by atoms with Crippen molar-refractivity contribution >= 4 is 0 Å². The SMILES string of the molecule is C=CC1=C(COCc2ccc(OC)cc2)CCCC1. The van der Waals surface area contributed by atoms with Gasteiger partial charge in [-0.2, -0.15) is 0 Å². The van der Waals surface area contributed by atoms with Crippen LogP contribution in [0.15, 0.2) is 48.1 Å². The van der Waals surface area contributed by atoms with Gasteiger partial charge in [0.05, 0.1) is 20.3 Å². The predicted molar refractivity (Wildman–Crippen MR) is 78.3 cm³/mol. The maximum atomic E-state index is 5.82. The molecule has 0 aromatic heterocycles.